The van der Waals surface area contributed by atoms with E-state index in [9.17, 15) is 4.79 Å². The maximum absolute atomic E-state index is 10.9. The van der Waals surface area contributed by atoms with Crippen LogP contribution in [0.5, 0.6) is 0 Å². The molecule has 0 bridgehead atoms. The van der Waals surface area contributed by atoms with Gasteiger partial charge in [-0.1, -0.05) is 0 Å². The van der Waals surface area contributed by atoms with Gasteiger partial charge >= 0.3 is 0 Å². The molecule has 2 nitrogen and oxygen atoms in total. The molecule has 2 rings (SSSR count). The summed E-state index contributed by atoms with van der Waals surface area (Å²) in [4.78, 5) is 10.9. The van der Waals surface area contributed by atoms with Gasteiger partial charge in [0.15, 0.2) is 5.78 Å². The maximum atomic E-state index is 10.9. The number of hydrogen-bond donors (Lipinski definition) is 1. The molecular weight excluding hydrogens is 182 g/mol. The first kappa shape index (κ1) is 9.13. The van der Waals surface area contributed by atoms with Crippen LogP contribution in [0.3, 0.4) is 0 Å². The van der Waals surface area contributed by atoms with Crippen LogP contribution in [0.15, 0.2) is 11.8 Å². The van der Waals surface area contributed by atoms with Gasteiger partial charge < -0.3 is 5.32 Å². The third kappa shape index (κ3) is 2.08. The SMILES string of the molecule is CSC1(CNC2=CC(=O)CC2)CC1. The van der Waals surface area contributed by atoms with E-state index in [2.05, 4.69) is 11.6 Å². The van der Waals surface area contributed by atoms with Crippen LogP contribution >= 0.6 is 11.8 Å². The summed E-state index contributed by atoms with van der Waals surface area (Å²) in [6.45, 7) is 1.03. The van der Waals surface area contributed by atoms with Gasteiger partial charge in [0.2, 0.25) is 0 Å². The van der Waals surface area contributed by atoms with Crippen molar-refractivity contribution in [1.82, 2.24) is 5.32 Å². The molecule has 13 heavy (non-hydrogen) atoms. The van der Waals surface area contributed by atoms with Gasteiger partial charge in [0.25, 0.3) is 0 Å². The Labute approximate surface area is 83.2 Å². The Balaban J connectivity index is 1.80. The minimum atomic E-state index is 0.275. The van der Waals surface area contributed by atoms with Crippen molar-refractivity contribution in [3.05, 3.63) is 11.8 Å². The number of ketones is 1. The minimum Gasteiger partial charge on any atom is -0.387 e. The van der Waals surface area contributed by atoms with E-state index in [1.807, 2.05) is 11.8 Å². The lowest BCUT2D eigenvalue weighted by Crippen LogP contribution is -2.24. The molecule has 1 N–H and O–H groups in total. The molecule has 0 saturated heterocycles. The largest absolute Gasteiger partial charge is 0.387 e. The van der Waals surface area contributed by atoms with Crippen molar-refractivity contribution < 1.29 is 4.79 Å². The summed E-state index contributed by atoms with van der Waals surface area (Å²) < 4.78 is 0.493. The van der Waals surface area contributed by atoms with Crippen molar-refractivity contribution in [1.29, 1.82) is 0 Å². The number of nitrogens with one attached hydrogen (secondary N) is 1. The van der Waals surface area contributed by atoms with Gasteiger partial charge in [0, 0.05) is 29.5 Å². The van der Waals surface area contributed by atoms with E-state index in [-0.39, 0.29) is 5.78 Å². The first-order chi connectivity index (χ1) is 6.24. The molecule has 2 aliphatic carbocycles. The number of carbonyl (C=O) groups is 1. The highest BCUT2D eigenvalue weighted by molar-refractivity contribution is 8.00. The lowest BCUT2D eigenvalue weighted by molar-refractivity contribution is -0.114. The van der Waals surface area contributed by atoms with Gasteiger partial charge in [-0.2, -0.15) is 11.8 Å². The molecule has 0 aliphatic heterocycles. The van der Waals surface area contributed by atoms with Crippen LogP contribution in [-0.2, 0) is 4.79 Å². The number of thioether (sulfide) groups is 1. The van der Waals surface area contributed by atoms with E-state index in [1.165, 1.54) is 12.8 Å². The Morgan fingerprint density at radius 2 is 2.31 bits per heavy atom. The van der Waals surface area contributed by atoms with E-state index < -0.39 is 0 Å². The fraction of sp³-hybridized carbons (Fsp3) is 0.700. The van der Waals surface area contributed by atoms with Gasteiger partial charge in [-0.05, 0) is 25.5 Å². The van der Waals surface area contributed by atoms with Crippen molar-refractivity contribution in [2.24, 2.45) is 0 Å². The molecule has 0 aromatic heterocycles. The topological polar surface area (TPSA) is 29.1 Å². The van der Waals surface area contributed by atoms with Crippen LogP contribution in [-0.4, -0.2) is 23.3 Å². The van der Waals surface area contributed by atoms with Crippen LogP contribution in [0.1, 0.15) is 25.7 Å². The summed E-state index contributed by atoms with van der Waals surface area (Å²) in [7, 11) is 0. The molecule has 3 heteroatoms. The zero-order valence-corrected chi connectivity index (χ0v) is 8.75. The Morgan fingerprint density at radius 1 is 1.54 bits per heavy atom. The molecule has 0 aromatic rings. The summed E-state index contributed by atoms with van der Waals surface area (Å²) in [6, 6.07) is 0. The molecular formula is C10H15NOS. The fourth-order valence-corrected chi connectivity index (χ4v) is 2.33. The van der Waals surface area contributed by atoms with Crippen LogP contribution in [0.25, 0.3) is 0 Å². The predicted octanol–water partition coefficient (Wildman–Crippen LogP) is 1.72. The predicted molar refractivity (Wildman–Crippen MR) is 55.8 cm³/mol. The van der Waals surface area contributed by atoms with E-state index in [1.54, 1.807) is 6.08 Å². The second kappa shape index (κ2) is 3.37. The summed E-state index contributed by atoms with van der Waals surface area (Å²) >= 11 is 1.95. The van der Waals surface area contributed by atoms with Crippen molar-refractivity contribution in [2.75, 3.05) is 12.8 Å². The smallest absolute Gasteiger partial charge is 0.157 e. The third-order valence-electron chi connectivity index (χ3n) is 2.85. The van der Waals surface area contributed by atoms with Gasteiger partial charge in [0.1, 0.15) is 0 Å². The molecule has 0 radical (unpaired) electrons. The fourth-order valence-electron chi connectivity index (χ4n) is 1.60. The maximum Gasteiger partial charge on any atom is 0.157 e. The summed E-state index contributed by atoms with van der Waals surface area (Å²) in [5.74, 6) is 0.275. The van der Waals surface area contributed by atoms with Gasteiger partial charge in [-0.3, -0.25) is 4.79 Å². The number of carbonyl (C=O) groups excluding carboxylic acids is 1. The first-order valence-electron chi connectivity index (χ1n) is 4.77. The van der Waals surface area contributed by atoms with E-state index >= 15 is 0 Å². The summed E-state index contributed by atoms with van der Waals surface area (Å²) in [6.07, 6.45) is 8.20. The molecule has 0 unspecified atom stereocenters. The van der Waals surface area contributed by atoms with Crippen LogP contribution in [0.2, 0.25) is 0 Å². The van der Waals surface area contributed by atoms with Crippen molar-refractivity contribution in [2.45, 2.75) is 30.4 Å². The number of rotatable bonds is 4. The molecule has 1 saturated carbocycles. The zero-order chi connectivity index (χ0) is 9.31. The number of hydrogen-bond acceptors (Lipinski definition) is 3. The monoisotopic (exact) mass is 197 g/mol. The average Bonchev–Trinajstić information content (AvgIpc) is 2.81. The van der Waals surface area contributed by atoms with E-state index in [4.69, 9.17) is 0 Å². The van der Waals surface area contributed by atoms with Crippen LogP contribution in [0.4, 0.5) is 0 Å². The molecule has 0 atom stereocenters. The minimum absolute atomic E-state index is 0.275. The highest BCUT2D eigenvalue weighted by atomic mass is 32.2. The van der Waals surface area contributed by atoms with Gasteiger partial charge in [0.05, 0.1) is 0 Å². The molecule has 72 valence electrons. The van der Waals surface area contributed by atoms with Crippen LogP contribution in [0, 0.1) is 0 Å². The van der Waals surface area contributed by atoms with Gasteiger partial charge in [-0.15, -0.1) is 0 Å². The van der Waals surface area contributed by atoms with Crippen molar-refractivity contribution in [3.63, 3.8) is 0 Å². The Kier molecular flexibility index (Phi) is 2.37. The Bertz CT molecular complexity index is 256. The lowest BCUT2D eigenvalue weighted by Gasteiger charge is -2.14. The molecule has 1 fully saturated rings. The lowest BCUT2D eigenvalue weighted by atomic mass is 10.3. The van der Waals surface area contributed by atoms with E-state index in [0.717, 1.165) is 18.7 Å². The average molecular weight is 197 g/mol. The second-order valence-electron chi connectivity index (χ2n) is 3.88. The zero-order valence-electron chi connectivity index (χ0n) is 7.93. The van der Waals surface area contributed by atoms with E-state index in [0.29, 0.717) is 11.2 Å². The summed E-state index contributed by atoms with van der Waals surface area (Å²) in [5.41, 5.74) is 1.14. The summed E-state index contributed by atoms with van der Waals surface area (Å²) in [5, 5.41) is 3.39. The normalized spacial score (nSPS) is 24.4. The Morgan fingerprint density at radius 3 is 2.77 bits per heavy atom. The quantitative estimate of drug-likeness (QED) is 0.744. The molecule has 0 amide bonds. The van der Waals surface area contributed by atoms with Gasteiger partial charge in [-0.25, -0.2) is 0 Å². The highest BCUT2D eigenvalue weighted by Gasteiger charge is 2.41. The highest BCUT2D eigenvalue weighted by Crippen LogP contribution is 2.46. The number of allylic oxidation sites excluding steroid dienone is 2. The first-order valence-corrected chi connectivity index (χ1v) is 5.99. The van der Waals surface area contributed by atoms with Crippen LogP contribution < -0.4 is 5.32 Å². The third-order valence-corrected chi connectivity index (χ3v) is 4.27. The van der Waals surface area contributed by atoms with Crippen molar-refractivity contribution >= 4 is 17.5 Å². The molecule has 0 spiro atoms. The Hall–Kier alpha value is -0.440. The molecule has 0 heterocycles. The molecule has 2 aliphatic rings. The standard InChI is InChI=1S/C10H15NOS/c1-13-10(4-5-10)7-11-8-2-3-9(12)6-8/h6,11H,2-5,7H2,1H3. The second-order valence-corrected chi connectivity index (χ2v) is 5.15. The van der Waals surface area contributed by atoms with Crippen molar-refractivity contribution in [3.8, 4) is 0 Å². The molecule has 0 aromatic carbocycles.